The number of nitrogens with two attached hydrogens (primary N) is 1. The minimum Gasteiger partial charge on any atom is -0.462 e. The molecule has 0 radical (unpaired) electrons. The first kappa shape index (κ1) is 40.5. The molecule has 3 N–H and O–H groups in total. The highest BCUT2D eigenvalue weighted by Crippen LogP contribution is 2.43. The van der Waals surface area contributed by atoms with E-state index in [1.807, 2.05) is 54.7 Å². The van der Waals surface area contributed by atoms with E-state index in [1.165, 1.54) is 25.7 Å². The summed E-state index contributed by atoms with van der Waals surface area (Å²) in [6.07, 6.45) is 32.5. The number of rotatable bonds is 27. The molecule has 0 rings (SSSR count). The second-order valence-electron chi connectivity index (χ2n) is 9.71. The number of esters is 2. The molecule has 43 heavy (non-hydrogen) atoms. The minimum atomic E-state index is -4.39. The van der Waals surface area contributed by atoms with E-state index >= 15 is 0 Å². The Hall–Kier alpha value is -2.55. The van der Waals surface area contributed by atoms with Crippen LogP contribution in [-0.4, -0.2) is 49.3 Å². The van der Waals surface area contributed by atoms with Gasteiger partial charge in [0.1, 0.15) is 6.61 Å². The standard InChI is InChI=1S/C33H54NO8P/c1-3-5-7-9-11-13-14-15-16-18-20-22-24-26-33(36)42-31(30-41-43(37,38)40-28-27-34)29-39-32(35)25-23-21-19-17-12-10-8-6-4-2/h5,7,9,11,13-20,31H,3-4,6,8,10,12,21-30,34H2,1-2H3,(H,37,38)/b7-5+,11-9+,14-13+,16-15+,19-17+,20-18+. The molecular weight excluding hydrogens is 569 g/mol. The number of unbranched alkanes of at least 4 members (excludes halogenated alkanes) is 6. The fourth-order valence-corrected chi connectivity index (χ4v) is 4.19. The van der Waals surface area contributed by atoms with E-state index in [0.717, 1.165) is 19.3 Å². The quantitative estimate of drug-likeness (QED) is 0.0312. The number of phosphoric acid groups is 1. The number of carbonyl (C=O) groups is 2. The first-order chi connectivity index (χ1) is 20.8. The minimum absolute atomic E-state index is 0.0349. The summed E-state index contributed by atoms with van der Waals surface area (Å²) in [5.74, 6) is -0.971. The molecule has 0 aliphatic rings. The van der Waals surface area contributed by atoms with Crippen molar-refractivity contribution in [2.45, 2.75) is 97.0 Å². The Morgan fingerprint density at radius 1 is 0.721 bits per heavy atom. The Balaban J connectivity index is 4.56. The van der Waals surface area contributed by atoms with Crippen LogP contribution in [-0.2, 0) is 32.7 Å². The maximum atomic E-state index is 12.4. The third kappa shape index (κ3) is 29.3. The Labute approximate surface area is 259 Å². The summed E-state index contributed by atoms with van der Waals surface area (Å²) in [5, 5.41) is 0. The molecule has 0 saturated carbocycles. The van der Waals surface area contributed by atoms with Gasteiger partial charge in [0.25, 0.3) is 0 Å². The zero-order chi connectivity index (χ0) is 31.9. The SMILES string of the molecule is CC/C=C/C=C/C=C/C=C/C=C/CCCC(=O)OC(COC(=O)CCC/C=C/CCCCCC)COP(=O)(O)OCCN. The molecule has 0 aromatic heterocycles. The number of hydrogen-bond acceptors (Lipinski definition) is 8. The van der Waals surface area contributed by atoms with E-state index in [1.54, 1.807) is 0 Å². The third-order valence-electron chi connectivity index (χ3n) is 5.70. The number of hydrogen-bond donors (Lipinski definition) is 2. The van der Waals surface area contributed by atoms with Crippen molar-refractivity contribution in [1.82, 2.24) is 0 Å². The van der Waals surface area contributed by atoms with Crippen LogP contribution in [0.2, 0.25) is 0 Å². The summed E-state index contributed by atoms with van der Waals surface area (Å²) in [5.41, 5.74) is 5.29. The Morgan fingerprint density at radius 2 is 1.30 bits per heavy atom. The summed E-state index contributed by atoms with van der Waals surface area (Å²) < 4.78 is 32.3. The lowest BCUT2D eigenvalue weighted by Crippen LogP contribution is -2.29. The van der Waals surface area contributed by atoms with Crippen LogP contribution in [0.3, 0.4) is 0 Å². The Kier molecular flexibility index (Phi) is 27.8. The lowest BCUT2D eigenvalue weighted by molar-refractivity contribution is -0.161. The molecule has 9 nitrogen and oxygen atoms in total. The predicted octanol–water partition coefficient (Wildman–Crippen LogP) is 7.59. The molecule has 0 aromatic carbocycles. The van der Waals surface area contributed by atoms with Gasteiger partial charge in [-0.2, -0.15) is 0 Å². The van der Waals surface area contributed by atoms with E-state index in [9.17, 15) is 19.0 Å². The number of ether oxygens (including phenoxy) is 2. The van der Waals surface area contributed by atoms with Crippen molar-refractivity contribution in [3.05, 3.63) is 72.9 Å². The van der Waals surface area contributed by atoms with Crippen LogP contribution in [0.15, 0.2) is 72.9 Å². The molecule has 2 atom stereocenters. The Morgan fingerprint density at radius 3 is 1.93 bits per heavy atom. The lowest BCUT2D eigenvalue weighted by atomic mass is 10.1. The normalized spacial score (nSPS) is 14.6. The molecule has 0 aliphatic heterocycles. The van der Waals surface area contributed by atoms with Crippen LogP contribution in [0.4, 0.5) is 0 Å². The highest BCUT2D eigenvalue weighted by molar-refractivity contribution is 7.47. The van der Waals surface area contributed by atoms with Crippen LogP contribution in [0.1, 0.15) is 90.9 Å². The summed E-state index contributed by atoms with van der Waals surface area (Å²) >= 11 is 0. The lowest BCUT2D eigenvalue weighted by Gasteiger charge is -2.19. The first-order valence-corrected chi connectivity index (χ1v) is 17.0. The van der Waals surface area contributed by atoms with Gasteiger partial charge in [0, 0.05) is 19.4 Å². The van der Waals surface area contributed by atoms with Crippen molar-refractivity contribution in [2.24, 2.45) is 5.73 Å². The van der Waals surface area contributed by atoms with E-state index < -0.39 is 32.5 Å². The highest BCUT2D eigenvalue weighted by atomic mass is 31.2. The first-order valence-electron chi connectivity index (χ1n) is 15.5. The number of carbonyl (C=O) groups excluding carboxylic acids is 2. The molecule has 0 bridgehead atoms. The van der Waals surface area contributed by atoms with Crippen molar-refractivity contribution in [3.63, 3.8) is 0 Å². The van der Waals surface area contributed by atoms with Crippen LogP contribution in [0.5, 0.6) is 0 Å². The largest absolute Gasteiger partial charge is 0.472 e. The van der Waals surface area contributed by atoms with E-state index in [0.29, 0.717) is 19.3 Å². The topological polar surface area (TPSA) is 134 Å². The summed E-state index contributed by atoms with van der Waals surface area (Å²) in [7, 11) is -4.39. The van der Waals surface area contributed by atoms with Crippen molar-refractivity contribution in [2.75, 3.05) is 26.4 Å². The maximum absolute atomic E-state index is 12.4. The Bertz CT molecular complexity index is 939. The van der Waals surface area contributed by atoms with Crippen LogP contribution < -0.4 is 5.73 Å². The molecule has 0 aliphatic carbocycles. The van der Waals surface area contributed by atoms with Crippen molar-refractivity contribution in [3.8, 4) is 0 Å². The van der Waals surface area contributed by atoms with Gasteiger partial charge in [0.05, 0.1) is 13.2 Å². The van der Waals surface area contributed by atoms with Crippen LogP contribution >= 0.6 is 7.82 Å². The zero-order valence-electron chi connectivity index (χ0n) is 26.1. The van der Waals surface area contributed by atoms with E-state index in [-0.39, 0.29) is 32.6 Å². The van der Waals surface area contributed by atoms with Gasteiger partial charge in [-0.3, -0.25) is 18.6 Å². The third-order valence-corrected chi connectivity index (χ3v) is 6.69. The second kappa shape index (κ2) is 29.5. The molecule has 0 saturated heterocycles. The van der Waals surface area contributed by atoms with Crippen molar-refractivity contribution >= 4 is 19.8 Å². The van der Waals surface area contributed by atoms with Gasteiger partial charge >= 0.3 is 19.8 Å². The fourth-order valence-electron chi connectivity index (χ4n) is 3.43. The van der Waals surface area contributed by atoms with Crippen LogP contribution in [0.25, 0.3) is 0 Å². The van der Waals surface area contributed by atoms with Crippen molar-refractivity contribution in [1.29, 1.82) is 0 Å². The second-order valence-corrected chi connectivity index (χ2v) is 11.2. The van der Waals surface area contributed by atoms with Gasteiger partial charge in [-0.15, -0.1) is 0 Å². The monoisotopic (exact) mass is 623 g/mol. The van der Waals surface area contributed by atoms with Gasteiger partial charge in [0.15, 0.2) is 6.10 Å². The van der Waals surface area contributed by atoms with E-state index in [2.05, 4.69) is 32.1 Å². The molecule has 0 fully saturated rings. The molecule has 10 heteroatoms. The van der Waals surface area contributed by atoms with Gasteiger partial charge in [-0.05, 0) is 44.9 Å². The molecule has 0 heterocycles. The molecule has 2 unspecified atom stereocenters. The average Bonchev–Trinajstić information content (AvgIpc) is 2.99. The van der Waals surface area contributed by atoms with Crippen molar-refractivity contribution < 1.29 is 37.6 Å². The van der Waals surface area contributed by atoms with Crippen LogP contribution in [0, 0.1) is 0 Å². The molecule has 0 amide bonds. The fraction of sp³-hybridized carbons (Fsp3) is 0.576. The van der Waals surface area contributed by atoms with Gasteiger partial charge in [0.2, 0.25) is 0 Å². The summed E-state index contributed by atoms with van der Waals surface area (Å²) in [6.45, 7) is 3.36. The predicted molar refractivity (Wildman–Crippen MR) is 173 cm³/mol. The van der Waals surface area contributed by atoms with E-state index in [4.69, 9.17) is 24.3 Å². The van der Waals surface area contributed by atoms with Gasteiger partial charge < -0.3 is 20.1 Å². The summed E-state index contributed by atoms with van der Waals surface area (Å²) in [6, 6.07) is 0. The molecule has 244 valence electrons. The number of allylic oxidation sites excluding steroid dienone is 12. The van der Waals surface area contributed by atoms with Gasteiger partial charge in [-0.1, -0.05) is 106 Å². The van der Waals surface area contributed by atoms with Gasteiger partial charge in [-0.25, -0.2) is 4.57 Å². The molecule has 0 aromatic rings. The average molecular weight is 624 g/mol. The zero-order valence-corrected chi connectivity index (χ0v) is 27.0. The maximum Gasteiger partial charge on any atom is 0.472 e. The summed E-state index contributed by atoms with van der Waals surface area (Å²) in [4.78, 5) is 34.4. The number of phosphoric ester groups is 1. The molecular formula is C33H54NO8P. The smallest absolute Gasteiger partial charge is 0.462 e. The molecule has 0 spiro atoms. The highest BCUT2D eigenvalue weighted by Gasteiger charge is 2.25.